The maximum atomic E-state index is 12.2. The van der Waals surface area contributed by atoms with Crippen LogP contribution in [0.2, 0.25) is 0 Å². The number of rotatable bonds is 3. The molecule has 0 radical (unpaired) electrons. The highest BCUT2D eigenvalue weighted by Gasteiger charge is 2.57. The van der Waals surface area contributed by atoms with Gasteiger partial charge in [-0.05, 0) is 44.2 Å². The number of anilines is 1. The van der Waals surface area contributed by atoms with E-state index in [2.05, 4.69) is 20.8 Å². The summed E-state index contributed by atoms with van der Waals surface area (Å²) in [6.07, 6.45) is 4.16. The molecule has 2 aliphatic rings. The lowest BCUT2D eigenvalue weighted by molar-refractivity contribution is -0.118. The van der Waals surface area contributed by atoms with Crippen molar-refractivity contribution >= 4 is 22.4 Å². The number of amides is 1. The quantitative estimate of drug-likeness (QED) is 0.868. The summed E-state index contributed by atoms with van der Waals surface area (Å²) in [7, 11) is 0. The lowest BCUT2D eigenvalue weighted by Crippen LogP contribution is -2.31. The zero-order valence-electron chi connectivity index (χ0n) is 10.5. The average molecular weight is 266 g/mol. The first kappa shape index (κ1) is 12.0. The predicted octanol–water partition coefficient (Wildman–Crippen LogP) is 1.43. The summed E-state index contributed by atoms with van der Waals surface area (Å²) in [5.41, 5.74) is 0.285. The summed E-state index contributed by atoms with van der Waals surface area (Å²) in [6, 6.07) is 0. The normalized spacial score (nSPS) is 25.1. The molecule has 0 aromatic carbocycles. The maximum Gasteiger partial charge on any atom is 0.229 e. The number of carbonyl (C=O) groups excluding carboxylic acids is 1. The highest BCUT2D eigenvalue weighted by Crippen LogP contribution is 2.58. The summed E-state index contributed by atoms with van der Waals surface area (Å²) in [4.78, 5) is 12.2. The summed E-state index contributed by atoms with van der Waals surface area (Å²) < 4.78 is 0. The van der Waals surface area contributed by atoms with Crippen LogP contribution in [0.4, 0.5) is 5.13 Å². The molecular formula is C12H18N4OS. The molecule has 1 aromatic rings. The van der Waals surface area contributed by atoms with Crippen molar-refractivity contribution in [3.05, 3.63) is 5.01 Å². The van der Waals surface area contributed by atoms with E-state index >= 15 is 0 Å². The van der Waals surface area contributed by atoms with Gasteiger partial charge in [-0.3, -0.25) is 4.79 Å². The molecule has 1 aliphatic carbocycles. The van der Waals surface area contributed by atoms with Gasteiger partial charge in [0.15, 0.2) is 0 Å². The van der Waals surface area contributed by atoms with Crippen LogP contribution in [0.1, 0.15) is 31.2 Å². The fourth-order valence-electron chi connectivity index (χ4n) is 2.84. The van der Waals surface area contributed by atoms with Crippen LogP contribution in [-0.4, -0.2) is 29.2 Å². The molecule has 5 nitrogen and oxygen atoms in total. The molecule has 1 saturated carbocycles. The third-order valence-corrected chi connectivity index (χ3v) is 5.09. The average Bonchev–Trinajstić information content (AvgIpc) is 2.88. The van der Waals surface area contributed by atoms with Gasteiger partial charge in [-0.1, -0.05) is 18.3 Å². The zero-order valence-corrected chi connectivity index (χ0v) is 11.3. The predicted molar refractivity (Wildman–Crippen MR) is 70.6 cm³/mol. The Kier molecular flexibility index (Phi) is 3.07. The van der Waals surface area contributed by atoms with Gasteiger partial charge >= 0.3 is 0 Å². The van der Waals surface area contributed by atoms with Gasteiger partial charge in [0.25, 0.3) is 0 Å². The van der Waals surface area contributed by atoms with Gasteiger partial charge in [0, 0.05) is 5.92 Å². The minimum Gasteiger partial charge on any atom is -0.317 e. The largest absolute Gasteiger partial charge is 0.317 e. The van der Waals surface area contributed by atoms with Gasteiger partial charge < -0.3 is 10.6 Å². The second kappa shape index (κ2) is 4.59. The third-order valence-electron chi connectivity index (χ3n) is 4.10. The van der Waals surface area contributed by atoms with E-state index in [0.717, 1.165) is 43.8 Å². The maximum absolute atomic E-state index is 12.2. The van der Waals surface area contributed by atoms with E-state index in [0.29, 0.717) is 5.13 Å². The molecule has 1 amide bonds. The first-order valence-electron chi connectivity index (χ1n) is 6.57. The number of piperidine rings is 1. The number of aromatic nitrogens is 2. The fraction of sp³-hybridized carbons (Fsp3) is 0.750. The van der Waals surface area contributed by atoms with Crippen molar-refractivity contribution in [2.75, 3.05) is 18.4 Å². The molecule has 1 aromatic heterocycles. The summed E-state index contributed by atoms with van der Waals surface area (Å²) in [6.45, 7) is 4.13. The molecule has 0 bridgehead atoms. The van der Waals surface area contributed by atoms with Gasteiger partial charge in [-0.25, -0.2) is 0 Å². The monoisotopic (exact) mass is 266 g/mol. The van der Waals surface area contributed by atoms with Crippen molar-refractivity contribution in [1.29, 1.82) is 0 Å². The summed E-state index contributed by atoms with van der Waals surface area (Å²) >= 11 is 1.47. The molecule has 1 atom stereocenters. The molecule has 98 valence electrons. The number of hydrogen-bond donors (Lipinski definition) is 2. The third kappa shape index (κ3) is 2.14. The molecule has 1 aliphatic heterocycles. The number of nitrogens with one attached hydrogen (secondary N) is 2. The van der Waals surface area contributed by atoms with Crippen LogP contribution < -0.4 is 10.6 Å². The smallest absolute Gasteiger partial charge is 0.229 e. The van der Waals surface area contributed by atoms with E-state index in [1.54, 1.807) is 0 Å². The lowest BCUT2D eigenvalue weighted by atomic mass is 9.92. The molecule has 1 saturated heterocycles. The first-order chi connectivity index (χ1) is 8.73. The van der Waals surface area contributed by atoms with E-state index in [9.17, 15) is 4.79 Å². The van der Waals surface area contributed by atoms with E-state index in [1.807, 2.05) is 6.92 Å². The van der Waals surface area contributed by atoms with E-state index in [4.69, 9.17) is 0 Å². The number of hydrogen-bond acceptors (Lipinski definition) is 5. The lowest BCUT2D eigenvalue weighted by Gasteiger charge is -2.22. The van der Waals surface area contributed by atoms with E-state index < -0.39 is 0 Å². The van der Waals surface area contributed by atoms with Crippen LogP contribution in [0, 0.1) is 11.3 Å². The molecule has 18 heavy (non-hydrogen) atoms. The Labute approximate surface area is 110 Å². The fourth-order valence-corrected chi connectivity index (χ4v) is 3.52. The highest BCUT2D eigenvalue weighted by molar-refractivity contribution is 7.15. The Balaban J connectivity index is 1.59. The Morgan fingerprint density at radius 2 is 2.28 bits per heavy atom. The second-order valence-electron chi connectivity index (χ2n) is 5.21. The Morgan fingerprint density at radius 3 is 2.94 bits per heavy atom. The van der Waals surface area contributed by atoms with Gasteiger partial charge in [-0.15, -0.1) is 10.2 Å². The summed E-state index contributed by atoms with van der Waals surface area (Å²) in [5, 5.41) is 15.9. The molecular weight excluding hydrogens is 248 g/mol. The Hall–Kier alpha value is -1.01. The van der Waals surface area contributed by atoms with Crippen LogP contribution in [-0.2, 0) is 11.2 Å². The van der Waals surface area contributed by atoms with Crippen LogP contribution in [0.3, 0.4) is 0 Å². The van der Waals surface area contributed by atoms with Crippen molar-refractivity contribution in [2.24, 2.45) is 11.3 Å². The van der Waals surface area contributed by atoms with Crippen molar-refractivity contribution in [1.82, 2.24) is 15.5 Å². The molecule has 2 fully saturated rings. The van der Waals surface area contributed by atoms with Crippen molar-refractivity contribution in [3.8, 4) is 0 Å². The van der Waals surface area contributed by atoms with Gasteiger partial charge in [0.1, 0.15) is 5.01 Å². The van der Waals surface area contributed by atoms with E-state index in [1.165, 1.54) is 11.3 Å². The van der Waals surface area contributed by atoms with Crippen molar-refractivity contribution in [3.63, 3.8) is 0 Å². The van der Waals surface area contributed by atoms with Gasteiger partial charge in [0.2, 0.25) is 11.0 Å². The number of nitrogens with zero attached hydrogens (tertiary/aromatic N) is 2. The minimum absolute atomic E-state index is 0.135. The SMILES string of the molecule is CCc1nnc(NC(=O)C2CC23CCNCC3)s1. The first-order valence-corrected chi connectivity index (χ1v) is 7.39. The van der Waals surface area contributed by atoms with E-state index in [-0.39, 0.29) is 17.2 Å². The standard InChI is InChI=1S/C12H18N4OS/c1-2-9-15-16-11(18-9)14-10(17)8-7-12(8)3-5-13-6-4-12/h8,13H,2-7H2,1H3,(H,14,16,17). The van der Waals surface area contributed by atoms with Crippen LogP contribution in [0.15, 0.2) is 0 Å². The minimum atomic E-state index is 0.135. The molecule has 6 heteroatoms. The van der Waals surface area contributed by atoms with Crippen LogP contribution in [0.5, 0.6) is 0 Å². The summed E-state index contributed by atoms with van der Waals surface area (Å²) in [5.74, 6) is 0.323. The molecule has 2 N–H and O–H groups in total. The molecule has 3 rings (SSSR count). The molecule has 1 unspecified atom stereocenters. The highest BCUT2D eigenvalue weighted by atomic mass is 32.1. The Morgan fingerprint density at radius 1 is 1.50 bits per heavy atom. The van der Waals surface area contributed by atoms with Gasteiger partial charge in [-0.2, -0.15) is 0 Å². The van der Waals surface area contributed by atoms with Crippen LogP contribution in [0.25, 0.3) is 0 Å². The zero-order chi connectivity index (χ0) is 12.6. The molecule has 2 heterocycles. The van der Waals surface area contributed by atoms with Gasteiger partial charge in [0.05, 0.1) is 0 Å². The molecule has 1 spiro atoms. The topological polar surface area (TPSA) is 66.9 Å². The number of aryl methyl sites for hydroxylation is 1. The second-order valence-corrected chi connectivity index (χ2v) is 6.27. The Bertz CT molecular complexity index is 453. The number of carbonyl (C=O) groups is 1. The van der Waals surface area contributed by atoms with Crippen molar-refractivity contribution < 1.29 is 4.79 Å². The van der Waals surface area contributed by atoms with Crippen molar-refractivity contribution in [2.45, 2.75) is 32.6 Å². The van der Waals surface area contributed by atoms with Crippen LogP contribution >= 0.6 is 11.3 Å².